The molecule has 0 saturated carbocycles. The molecule has 0 fully saturated rings. The second-order valence-electron chi connectivity index (χ2n) is 3.78. The van der Waals surface area contributed by atoms with Crippen molar-refractivity contribution in [2.75, 3.05) is 0 Å². The van der Waals surface area contributed by atoms with Gasteiger partial charge in [-0.25, -0.2) is 9.48 Å². The van der Waals surface area contributed by atoms with E-state index in [1.807, 2.05) is 31.2 Å². The lowest BCUT2D eigenvalue weighted by molar-refractivity contribution is 0.565. The molecule has 86 valence electrons. The Bertz CT molecular complexity index is 563. The number of aryl methyl sites for hydroxylation is 2. The van der Waals surface area contributed by atoms with Crippen LogP contribution in [0.25, 0.3) is 5.69 Å². The van der Waals surface area contributed by atoms with E-state index in [0.29, 0.717) is 5.82 Å². The minimum absolute atomic E-state index is 0.502. The minimum Gasteiger partial charge on any atom is -0.214 e. The maximum Gasteiger partial charge on any atom is 0.242 e. The van der Waals surface area contributed by atoms with Gasteiger partial charge in [-0.1, -0.05) is 19.1 Å². The molecule has 0 amide bonds. The van der Waals surface area contributed by atoms with Crippen LogP contribution in [-0.2, 0) is 11.2 Å². The van der Waals surface area contributed by atoms with Gasteiger partial charge in [0.25, 0.3) is 0 Å². The number of nitrogens with zero attached hydrogens (tertiary/aromatic N) is 3. The van der Waals surface area contributed by atoms with Crippen molar-refractivity contribution in [3.8, 4) is 5.69 Å². The third-order valence-corrected chi connectivity index (χ3v) is 2.56. The highest BCUT2D eigenvalue weighted by molar-refractivity contribution is 5.49. The highest BCUT2D eigenvalue weighted by Crippen LogP contribution is 2.19. The number of hydrogen-bond donors (Lipinski definition) is 0. The van der Waals surface area contributed by atoms with Gasteiger partial charge in [0.1, 0.15) is 0 Å². The van der Waals surface area contributed by atoms with Crippen LogP contribution in [0.3, 0.4) is 0 Å². The number of isocyanates is 1. The smallest absolute Gasteiger partial charge is 0.214 e. The van der Waals surface area contributed by atoms with Gasteiger partial charge < -0.3 is 0 Å². The van der Waals surface area contributed by atoms with Gasteiger partial charge >= 0.3 is 0 Å². The molecule has 2 aromatic rings. The molecule has 0 radical (unpaired) electrons. The van der Waals surface area contributed by atoms with Crippen LogP contribution in [0.5, 0.6) is 0 Å². The van der Waals surface area contributed by atoms with Crippen LogP contribution >= 0.6 is 0 Å². The van der Waals surface area contributed by atoms with Gasteiger partial charge in [0.2, 0.25) is 6.08 Å². The molecule has 0 spiro atoms. The van der Waals surface area contributed by atoms with Gasteiger partial charge in [0.05, 0.1) is 11.4 Å². The normalized spacial score (nSPS) is 10.0. The summed E-state index contributed by atoms with van der Waals surface area (Å²) in [6.45, 7) is 3.97. The lowest BCUT2D eigenvalue weighted by Gasteiger charge is -2.04. The van der Waals surface area contributed by atoms with Crippen molar-refractivity contribution in [1.82, 2.24) is 9.78 Å². The number of benzene rings is 1. The van der Waals surface area contributed by atoms with Crippen LogP contribution in [-0.4, -0.2) is 15.9 Å². The van der Waals surface area contributed by atoms with Crippen LogP contribution in [0.15, 0.2) is 35.3 Å². The first-order valence-electron chi connectivity index (χ1n) is 5.48. The third kappa shape index (κ3) is 2.32. The summed E-state index contributed by atoms with van der Waals surface area (Å²) in [6, 6.07) is 9.77. The molecular weight excluding hydrogens is 214 g/mol. The fourth-order valence-electron chi connectivity index (χ4n) is 1.68. The molecule has 0 atom stereocenters. The second-order valence-corrected chi connectivity index (χ2v) is 3.78. The Hall–Kier alpha value is -2.19. The molecule has 2 rings (SSSR count). The van der Waals surface area contributed by atoms with E-state index in [-0.39, 0.29) is 0 Å². The number of aromatic nitrogens is 2. The van der Waals surface area contributed by atoms with Gasteiger partial charge in [-0.3, -0.25) is 0 Å². The first kappa shape index (κ1) is 11.3. The van der Waals surface area contributed by atoms with Crippen molar-refractivity contribution in [1.29, 1.82) is 0 Å². The van der Waals surface area contributed by atoms with E-state index >= 15 is 0 Å². The minimum atomic E-state index is 0.502. The predicted octanol–water partition coefficient (Wildman–Crippen LogP) is 2.71. The summed E-state index contributed by atoms with van der Waals surface area (Å²) in [6.07, 6.45) is 2.54. The zero-order chi connectivity index (χ0) is 12.3. The molecule has 0 saturated heterocycles. The Morgan fingerprint density at radius 2 is 2.06 bits per heavy atom. The van der Waals surface area contributed by atoms with E-state index in [9.17, 15) is 4.79 Å². The van der Waals surface area contributed by atoms with Gasteiger partial charge in [-0.15, -0.1) is 4.99 Å². The fourth-order valence-corrected chi connectivity index (χ4v) is 1.68. The highest BCUT2D eigenvalue weighted by atomic mass is 16.1. The molecule has 0 aliphatic heterocycles. The topological polar surface area (TPSA) is 47.2 Å². The summed E-state index contributed by atoms with van der Waals surface area (Å²) >= 11 is 0. The van der Waals surface area contributed by atoms with Crippen molar-refractivity contribution >= 4 is 11.9 Å². The summed E-state index contributed by atoms with van der Waals surface area (Å²) in [5, 5.41) is 4.30. The Kier molecular flexibility index (Phi) is 3.17. The summed E-state index contributed by atoms with van der Waals surface area (Å²) in [7, 11) is 0. The second kappa shape index (κ2) is 4.76. The SMILES string of the molecule is CCc1ccc(-n2nc(C)cc2N=C=O)cc1. The molecule has 4 nitrogen and oxygen atoms in total. The van der Waals surface area contributed by atoms with Crippen molar-refractivity contribution in [2.45, 2.75) is 20.3 Å². The molecule has 0 bridgehead atoms. The third-order valence-electron chi connectivity index (χ3n) is 2.56. The van der Waals surface area contributed by atoms with Gasteiger partial charge in [0.15, 0.2) is 5.82 Å². The van der Waals surface area contributed by atoms with Gasteiger partial charge in [-0.2, -0.15) is 5.10 Å². The van der Waals surface area contributed by atoms with Crippen LogP contribution in [0.4, 0.5) is 5.82 Å². The fraction of sp³-hybridized carbons (Fsp3) is 0.231. The molecule has 0 unspecified atom stereocenters. The molecular formula is C13H13N3O. The van der Waals surface area contributed by atoms with Crippen molar-refractivity contribution in [2.24, 2.45) is 4.99 Å². The van der Waals surface area contributed by atoms with Crippen LogP contribution in [0.2, 0.25) is 0 Å². The summed E-state index contributed by atoms with van der Waals surface area (Å²) in [5.74, 6) is 0.502. The lowest BCUT2D eigenvalue weighted by Crippen LogP contribution is -1.96. The summed E-state index contributed by atoms with van der Waals surface area (Å²) in [4.78, 5) is 14.0. The van der Waals surface area contributed by atoms with Gasteiger partial charge in [-0.05, 0) is 31.0 Å². The van der Waals surface area contributed by atoms with E-state index in [4.69, 9.17) is 0 Å². The summed E-state index contributed by atoms with van der Waals surface area (Å²) in [5.41, 5.74) is 2.97. The predicted molar refractivity (Wildman–Crippen MR) is 65.5 cm³/mol. The van der Waals surface area contributed by atoms with Crippen molar-refractivity contribution < 1.29 is 4.79 Å². The van der Waals surface area contributed by atoms with E-state index in [2.05, 4.69) is 17.0 Å². The molecule has 0 N–H and O–H groups in total. The lowest BCUT2D eigenvalue weighted by atomic mass is 10.1. The number of aliphatic imine (C=N–C) groups is 1. The number of rotatable bonds is 3. The van der Waals surface area contributed by atoms with E-state index in [0.717, 1.165) is 17.8 Å². The standard InChI is InChI=1S/C13H13N3O/c1-3-11-4-6-12(7-5-11)16-13(14-9-17)8-10(2)15-16/h4-8H,3H2,1-2H3. The number of hydrogen-bond acceptors (Lipinski definition) is 3. The Labute approximate surface area is 99.6 Å². The Morgan fingerprint density at radius 1 is 1.35 bits per heavy atom. The average Bonchev–Trinajstić information content (AvgIpc) is 2.71. The molecule has 17 heavy (non-hydrogen) atoms. The zero-order valence-electron chi connectivity index (χ0n) is 9.84. The molecule has 1 aromatic heterocycles. The van der Waals surface area contributed by atoms with Crippen molar-refractivity contribution in [3.63, 3.8) is 0 Å². The van der Waals surface area contributed by atoms with Crippen molar-refractivity contribution in [3.05, 3.63) is 41.6 Å². The van der Waals surface area contributed by atoms with Gasteiger partial charge in [0, 0.05) is 6.07 Å². The van der Waals surface area contributed by atoms with Crippen LogP contribution in [0, 0.1) is 6.92 Å². The molecule has 1 aromatic carbocycles. The molecule has 1 heterocycles. The Balaban J connectivity index is 2.47. The maximum absolute atomic E-state index is 10.3. The number of carbonyl (C=O) groups excluding carboxylic acids is 1. The van der Waals surface area contributed by atoms with E-state index in [1.165, 1.54) is 5.56 Å². The maximum atomic E-state index is 10.3. The quantitative estimate of drug-likeness (QED) is 0.598. The zero-order valence-corrected chi connectivity index (χ0v) is 9.84. The largest absolute Gasteiger partial charge is 0.242 e. The van der Waals surface area contributed by atoms with E-state index < -0.39 is 0 Å². The first-order valence-corrected chi connectivity index (χ1v) is 5.48. The van der Waals surface area contributed by atoms with Crippen LogP contribution < -0.4 is 0 Å². The monoisotopic (exact) mass is 227 g/mol. The van der Waals surface area contributed by atoms with E-state index in [1.54, 1.807) is 16.8 Å². The van der Waals surface area contributed by atoms with Crippen LogP contribution in [0.1, 0.15) is 18.2 Å². The Morgan fingerprint density at radius 3 is 2.65 bits per heavy atom. The summed E-state index contributed by atoms with van der Waals surface area (Å²) < 4.78 is 1.64. The highest BCUT2D eigenvalue weighted by Gasteiger charge is 2.06. The molecule has 0 aliphatic carbocycles. The molecule has 4 heteroatoms. The average molecular weight is 227 g/mol. The molecule has 0 aliphatic rings. The first-order chi connectivity index (χ1) is 8.24.